The van der Waals surface area contributed by atoms with Gasteiger partial charge in [0.15, 0.2) is 11.7 Å². The summed E-state index contributed by atoms with van der Waals surface area (Å²) >= 11 is 0. The first-order valence-corrected chi connectivity index (χ1v) is 7.50. The van der Waals surface area contributed by atoms with Gasteiger partial charge in [-0.15, -0.1) is 0 Å². The molecule has 7 nitrogen and oxygen atoms in total. The van der Waals surface area contributed by atoms with Crippen LogP contribution in [0, 0.1) is 5.41 Å². The zero-order valence-electron chi connectivity index (χ0n) is 12.1. The maximum absolute atomic E-state index is 12.7. The molecule has 0 saturated carbocycles. The van der Waals surface area contributed by atoms with Crippen molar-refractivity contribution in [1.82, 2.24) is 25.7 Å². The lowest BCUT2D eigenvalue weighted by Crippen LogP contribution is -2.53. The summed E-state index contributed by atoms with van der Waals surface area (Å²) in [5.74, 6) is 0.367. The summed E-state index contributed by atoms with van der Waals surface area (Å²) in [6, 6.07) is 7.68. The average molecular weight is 298 g/mol. The summed E-state index contributed by atoms with van der Waals surface area (Å²) in [7, 11) is 0. The second-order valence-corrected chi connectivity index (χ2v) is 6.04. The summed E-state index contributed by atoms with van der Waals surface area (Å²) in [6.45, 7) is 2.13. The number of nitrogens with one attached hydrogen (secondary N) is 4. The van der Waals surface area contributed by atoms with Gasteiger partial charge in [-0.25, -0.2) is 0 Å². The number of likely N-dealkylation sites (tertiary alicyclic amines) is 1. The van der Waals surface area contributed by atoms with E-state index >= 15 is 0 Å². The first kappa shape index (κ1) is 13.1. The van der Waals surface area contributed by atoms with Crippen molar-refractivity contribution in [2.45, 2.75) is 18.4 Å². The van der Waals surface area contributed by atoms with Crippen molar-refractivity contribution in [3.05, 3.63) is 30.0 Å². The van der Waals surface area contributed by atoms with Crippen LogP contribution in [0.15, 0.2) is 24.3 Å². The maximum atomic E-state index is 12.7. The van der Waals surface area contributed by atoms with E-state index in [0.29, 0.717) is 24.7 Å². The summed E-state index contributed by atoms with van der Waals surface area (Å²) in [4.78, 5) is 14.6. The number of fused-ring (bicyclic) bond motifs is 1. The lowest BCUT2D eigenvalue weighted by atomic mass is 9.88. The number of nitrogens with zero attached hydrogens (tertiary/aromatic N) is 2. The molecule has 2 aliphatic rings. The largest absolute Gasteiger partial charge is 0.354 e. The van der Waals surface area contributed by atoms with E-state index in [-0.39, 0.29) is 11.4 Å². The van der Waals surface area contributed by atoms with Crippen LogP contribution in [0.4, 0.5) is 0 Å². The Morgan fingerprint density at radius 2 is 2.05 bits per heavy atom. The third-order valence-corrected chi connectivity index (χ3v) is 4.67. The molecule has 2 saturated heterocycles. The van der Waals surface area contributed by atoms with Crippen LogP contribution in [0.1, 0.15) is 23.3 Å². The van der Waals surface area contributed by atoms with Crippen LogP contribution in [-0.2, 0) is 0 Å². The zero-order valence-corrected chi connectivity index (χ0v) is 12.1. The molecule has 2 aliphatic heterocycles. The van der Waals surface area contributed by atoms with Gasteiger partial charge in [0.25, 0.3) is 5.91 Å². The molecule has 1 spiro atoms. The van der Waals surface area contributed by atoms with Crippen LogP contribution in [0.2, 0.25) is 0 Å². The smallest absolute Gasteiger partial charge is 0.274 e. The van der Waals surface area contributed by atoms with Crippen molar-refractivity contribution >= 4 is 22.8 Å². The van der Waals surface area contributed by atoms with Gasteiger partial charge >= 0.3 is 0 Å². The Morgan fingerprint density at radius 3 is 2.77 bits per heavy atom. The number of piperidine rings is 1. The fourth-order valence-corrected chi connectivity index (χ4v) is 3.33. The SMILES string of the molecule is N=C1NCC2(CCN(C(=O)c3n[nH]c4ccccc34)CC2)N1. The molecule has 22 heavy (non-hydrogen) atoms. The van der Waals surface area contributed by atoms with Crippen molar-refractivity contribution < 1.29 is 4.79 Å². The molecular formula is C15H18N6O. The van der Waals surface area contributed by atoms with Crippen LogP contribution in [0.25, 0.3) is 10.9 Å². The summed E-state index contributed by atoms with van der Waals surface area (Å²) in [6.07, 6.45) is 1.69. The van der Waals surface area contributed by atoms with E-state index in [1.165, 1.54) is 0 Å². The molecule has 2 aromatic rings. The van der Waals surface area contributed by atoms with Crippen molar-refractivity contribution in [3.8, 4) is 0 Å². The molecule has 4 rings (SSSR count). The number of para-hydroxylation sites is 1. The molecule has 2 fully saturated rings. The molecule has 3 heterocycles. The Kier molecular flexibility index (Phi) is 2.82. The molecule has 4 N–H and O–H groups in total. The average Bonchev–Trinajstić information content (AvgIpc) is 3.12. The van der Waals surface area contributed by atoms with Gasteiger partial charge in [0.1, 0.15) is 0 Å². The van der Waals surface area contributed by atoms with E-state index in [2.05, 4.69) is 20.8 Å². The number of guanidine groups is 1. The minimum Gasteiger partial charge on any atom is -0.354 e. The Morgan fingerprint density at radius 1 is 1.27 bits per heavy atom. The highest BCUT2D eigenvalue weighted by molar-refractivity contribution is 6.04. The minimum absolute atomic E-state index is 0.0201. The van der Waals surface area contributed by atoms with Gasteiger partial charge in [-0.3, -0.25) is 15.3 Å². The van der Waals surface area contributed by atoms with Gasteiger partial charge in [-0.05, 0) is 18.9 Å². The van der Waals surface area contributed by atoms with Crippen molar-refractivity contribution in [1.29, 1.82) is 5.41 Å². The summed E-state index contributed by atoms with van der Waals surface area (Å²) in [5.41, 5.74) is 1.31. The van der Waals surface area contributed by atoms with E-state index in [4.69, 9.17) is 5.41 Å². The fourth-order valence-electron chi connectivity index (χ4n) is 3.33. The first-order chi connectivity index (χ1) is 10.7. The lowest BCUT2D eigenvalue weighted by Gasteiger charge is -2.38. The van der Waals surface area contributed by atoms with Crippen molar-refractivity contribution in [3.63, 3.8) is 0 Å². The van der Waals surface area contributed by atoms with Crippen LogP contribution in [0.5, 0.6) is 0 Å². The number of hydrogen-bond donors (Lipinski definition) is 4. The number of carbonyl (C=O) groups is 1. The molecule has 114 valence electrons. The second kappa shape index (κ2) is 4.72. The van der Waals surface area contributed by atoms with Crippen molar-refractivity contribution in [2.24, 2.45) is 0 Å². The number of rotatable bonds is 1. The predicted octanol–water partition coefficient (Wildman–Crippen LogP) is 0.665. The summed E-state index contributed by atoms with van der Waals surface area (Å²) in [5, 5.41) is 21.8. The van der Waals surface area contributed by atoms with E-state index in [1.54, 1.807) is 0 Å². The molecule has 0 unspecified atom stereocenters. The third-order valence-electron chi connectivity index (χ3n) is 4.67. The first-order valence-electron chi connectivity index (χ1n) is 7.50. The Bertz CT molecular complexity index is 743. The van der Waals surface area contributed by atoms with E-state index in [0.717, 1.165) is 30.3 Å². The van der Waals surface area contributed by atoms with Crippen LogP contribution < -0.4 is 10.6 Å². The molecule has 7 heteroatoms. The molecule has 0 atom stereocenters. The number of carbonyl (C=O) groups excluding carboxylic acids is 1. The maximum Gasteiger partial charge on any atom is 0.274 e. The van der Waals surface area contributed by atoms with E-state index in [1.807, 2.05) is 29.2 Å². The number of benzene rings is 1. The van der Waals surface area contributed by atoms with Gasteiger partial charge in [0.05, 0.1) is 11.1 Å². The van der Waals surface area contributed by atoms with E-state index in [9.17, 15) is 4.79 Å². The molecule has 1 aromatic carbocycles. The number of aromatic amines is 1. The molecule has 1 aromatic heterocycles. The monoisotopic (exact) mass is 298 g/mol. The second-order valence-electron chi connectivity index (χ2n) is 6.04. The van der Waals surface area contributed by atoms with Gasteiger partial charge in [-0.1, -0.05) is 18.2 Å². The van der Waals surface area contributed by atoms with Gasteiger partial charge in [0, 0.05) is 25.0 Å². The highest BCUT2D eigenvalue weighted by Gasteiger charge is 2.40. The third kappa shape index (κ3) is 2.01. The standard InChI is InChI=1S/C15H18N6O/c16-14-17-9-15(18-14)5-7-21(8-6-15)13(22)12-10-3-1-2-4-11(10)19-20-12/h1-4H,5-9H2,(H,19,20)(H3,16,17,18). The highest BCUT2D eigenvalue weighted by atomic mass is 16.2. The molecule has 1 amide bonds. The Hall–Kier alpha value is -2.57. The molecule has 0 radical (unpaired) electrons. The minimum atomic E-state index is -0.0680. The topological polar surface area (TPSA) is 96.9 Å². The van der Waals surface area contributed by atoms with Crippen molar-refractivity contribution in [2.75, 3.05) is 19.6 Å². The Labute approximate surface area is 127 Å². The quantitative estimate of drug-likeness (QED) is 0.622. The molecular weight excluding hydrogens is 280 g/mol. The molecule has 0 aliphatic carbocycles. The number of aromatic nitrogens is 2. The van der Waals surface area contributed by atoms with Crippen LogP contribution in [-0.4, -0.2) is 52.1 Å². The fraction of sp³-hybridized carbons (Fsp3) is 0.400. The van der Waals surface area contributed by atoms with Crippen LogP contribution in [0.3, 0.4) is 0 Å². The number of H-pyrrole nitrogens is 1. The predicted molar refractivity (Wildman–Crippen MR) is 82.8 cm³/mol. The number of amides is 1. The Balaban J connectivity index is 1.52. The normalized spacial score (nSPS) is 20.2. The van der Waals surface area contributed by atoms with Gasteiger partial charge in [0.2, 0.25) is 0 Å². The van der Waals surface area contributed by atoms with Gasteiger partial charge in [-0.2, -0.15) is 5.10 Å². The summed E-state index contributed by atoms with van der Waals surface area (Å²) < 4.78 is 0. The molecule has 0 bridgehead atoms. The number of hydrogen-bond acceptors (Lipinski definition) is 3. The lowest BCUT2D eigenvalue weighted by molar-refractivity contribution is 0.0665. The highest BCUT2D eigenvalue weighted by Crippen LogP contribution is 2.26. The van der Waals surface area contributed by atoms with Gasteiger partial charge < -0.3 is 15.5 Å². The van der Waals surface area contributed by atoms with Crippen LogP contribution >= 0.6 is 0 Å². The van der Waals surface area contributed by atoms with E-state index < -0.39 is 0 Å². The zero-order chi connectivity index (χ0) is 15.2.